The van der Waals surface area contributed by atoms with Crippen molar-refractivity contribution in [2.24, 2.45) is 5.73 Å². The molecule has 17 heavy (non-hydrogen) atoms. The van der Waals surface area contributed by atoms with Gasteiger partial charge in [0.25, 0.3) is 0 Å². The third-order valence-electron chi connectivity index (χ3n) is 2.26. The van der Waals surface area contributed by atoms with Crippen LogP contribution in [0.4, 0.5) is 10.5 Å². The Morgan fingerprint density at radius 2 is 2.18 bits per heavy atom. The molecule has 0 saturated carbocycles. The van der Waals surface area contributed by atoms with Gasteiger partial charge in [0.05, 0.1) is 0 Å². The molecule has 0 radical (unpaired) electrons. The van der Waals surface area contributed by atoms with Crippen molar-refractivity contribution < 1.29 is 13.7 Å². The summed E-state index contributed by atoms with van der Waals surface area (Å²) in [5, 5.41) is 0. The Bertz CT molecular complexity index is 448. The highest BCUT2D eigenvalue weighted by atomic mass is 32.2. The number of nitrogen functional groups attached to an aromatic ring is 1. The summed E-state index contributed by atoms with van der Waals surface area (Å²) in [6, 6.07) is 5.20. The molecule has 1 aromatic carbocycles. The van der Waals surface area contributed by atoms with Crippen LogP contribution in [0.1, 0.15) is 24.2 Å². The molecule has 0 aliphatic rings. The molecule has 1 aromatic rings. The van der Waals surface area contributed by atoms with Crippen LogP contribution in [-0.2, 0) is 21.3 Å². The predicted molar refractivity (Wildman–Crippen MR) is 67.7 cm³/mol. The van der Waals surface area contributed by atoms with Gasteiger partial charge >= 0.3 is 6.09 Å². The van der Waals surface area contributed by atoms with Crippen LogP contribution >= 0.6 is 0 Å². The summed E-state index contributed by atoms with van der Waals surface area (Å²) in [6.07, 6.45) is 0.289. The molecule has 0 bridgehead atoms. The first-order valence-electron chi connectivity index (χ1n) is 5.04. The highest BCUT2D eigenvalue weighted by Crippen LogP contribution is 2.24. The van der Waals surface area contributed by atoms with Gasteiger partial charge < -0.3 is 16.2 Å². The summed E-state index contributed by atoms with van der Waals surface area (Å²) in [6.45, 7) is 1.71. The van der Waals surface area contributed by atoms with Crippen LogP contribution in [0.25, 0.3) is 0 Å². The lowest BCUT2D eigenvalue weighted by Crippen LogP contribution is -2.16. The van der Waals surface area contributed by atoms with Gasteiger partial charge in [-0.25, -0.2) is 4.79 Å². The molecule has 5 nitrogen and oxygen atoms in total. The Morgan fingerprint density at radius 3 is 2.71 bits per heavy atom. The third kappa shape index (κ3) is 4.07. The van der Waals surface area contributed by atoms with Crippen LogP contribution in [-0.4, -0.2) is 16.6 Å². The number of anilines is 1. The minimum Gasteiger partial charge on any atom is -0.442 e. The van der Waals surface area contributed by atoms with Gasteiger partial charge in [0.1, 0.15) is 6.10 Å². The predicted octanol–water partition coefficient (Wildman–Crippen LogP) is 1.30. The molecule has 0 unspecified atom stereocenters. The van der Waals surface area contributed by atoms with E-state index in [9.17, 15) is 9.00 Å². The van der Waals surface area contributed by atoms with Crippen LogP contribution in [0.15, 0.2) is 18.2 Å². The minimum atomic E-state index is -0.992. The van der Waals surface area contributed by atoms with Gasteiger partial charge in [0.15, 0.2) is 0 Å². The van der Waals surface area contributed by atoms with E-state index in [-0.39, 0.29) is 0 Å². The van der Waals surface area contributed by atoms with Crippen LogP contribution in [0.3, 0.4) is 0 Å². The van der Waals surface area contributed by atoms with E-state index in [1.165, 1.54) is 0 Å². The summed E-state index contributed by atoms with van der Waals surface area (Å²) >= 11 is 0. The number of primary amides is 1. The van der Waals surface area contributed by atoms with Crippen molar-refractivity contribution in [2.75, 3.05) is 12.0 Å². The molecule has 94 valence electrons. The van der Waals surface area contributed by atoms with E-state index < -0.39 is 23.0 Å². The number of carbonyl (C=O) groups is 1. The molecule has 0 aliphatic carbocycles. The summed E-state index contributed by atoms with van der Waals surface area (Å²) in [5.41, 5.74) is 12.8. The Labute approximate surface area is 103 Å². The molecule has 0 heterocycles. The van der Waals surface area contributed by atoms with Gasteiger partial charge in [-0.3, -0.25) is 4.21 Å². The summed E-state index contributed by atoms with van der Waals surface area (Å²) in [5.74, 6) is 0.368. The summed E-state index contributed by atoms with van der Waals surface area (Å²) in [7, 11) is -0.992. The van der Waals surface area contributed by atoms with Crippen molar-refractivity contribution in [3.63, 3.8) is 0 Å². The van der Waals surface area contributed by atoms with Gasteiger partial charge in [-0.1, -0.05) is 6.07 Å². The number of hydrogen-bond acceptors (Lipinski definition) is 4. The Hall–Kier alpha value is -1.56. The molecule has 0 aromatic heterocycles. The third-order valence-corrected chi connectivity index (χ3v) is 2.97. The van der Waals surface area contributed by atoms with E-state index in [2.05, 4.69) is 0 Å². The van der Waals surface area contributed by atoms with E-state index in [0.29, 0.717) is 11.4 Å². The highest BCUT2D eigenvalue weighted by molar-refractivity contribution is 7.83. The fraction of sp³-hybridized carbons (Fsp3) is 0.364. The number of hydrogen-bond donors (Lipinski definition) is 2. The van der Waals surface area contributed by atoms with Crippen molar-refractivity contribution in [2.45, 2.75) is 18.8 Å². The van der Waals surface area contributed by atoms with Gasteiger partial charge in [-0.05, 0) is 30.2 Å². The zero-order valence-electron chi connectivity index (χ0n) is 9.80. The average Bonchev–Trinajstić information content (AvgIpc) is 2.15. The topological polar surface area (TPSA) is 95.4 Å². The van der Waals surface area contributed by atoms with Crippen LogP contribution < -0.4 is 11.5 Å². The number of nitrogens with two attached hydrogens (primary N) is 2. The van der Waals surface area contributed by atoms with Crippen molar-refractivity contribution >= 4 is 22.6 Å². The zero-order valence-corrected chi connectivity index (χ0v) is 10.6. The van der Waals surface area contributed by atoms with Crippen molar-refractivity contribution in [3.05, 3.63) is 29.3 Å². The number of amides is 1. The van der Waals surface area contributed by atoms with Gasteiger partial charge in [-0.2, -0.15) is 0 Å². The van der Waals surface area contributed by atoms with Gasteiger partial charge in [0, 0.05) is 28.5 Å². The van der Waals surface area contributed by atoms with E-state index in [1.807, 2.05) is 0 Å². The molecule has 2 atom stereocenters. The monoisotopic (exact) mass is 256 g/mol. The number of carbonyl (C=O) groups excluding carboxylic acids is 1. The number of rotatable bonds is 4. The van der Waals surface area contributed by atoms with Crippen LogP contribution in [0.2, 0.25) is 0 Å². The highest BCUT2D eigenvalue weighted by Gasteiger charge is 2.14. The largest absolute Gasteiger partial charge is 0.442 e. The molecule has 6 heteroatoms. The van der Waals surface area contributed by atoms with Crippen LogP contribution in [0.5, 0.6) is 0 Å². The Kier molecular flexibility index (Phi) is 4.51. The standard InChI is InChI=1S/C11H16N2O3S/c1-7(16-11(13)14)10-4-3-9(12)5-8(10)6-17(2)15/h3-5,7H,6,12H2,1-2H3,(H2,13,14)/t7-,17+/m1/s1. The maximum Gasteiger partial charge on any atom is 0.405 e. The SMILES string of the molecule is C[C@@H](OC(N)=O)c1ccc(N)cc1C[S@](C)=O. The molecule has 4 N–H and O–H groups in total. The summed E-state index contributed by atoms with van der Waals surface area (Å²) in [4.78, 5) is 10.7. The molecular formula is C11H16N2O3S. The smallest absolute Gasteiger partial charge is 0.405 e. The zero-order chi connectivity index (χ0) is 13.0. The Morgan fingerprint density at radius 1 is 1.53 bits per heavy atom. The van der Waals surface area contributed by atoms with Gasteiger partial charge in [0.2, 0.25) is 0 Å². The lowest BCUT2D eigenvalue weighted by molar-refractivity contribution is 0.116. The maximum absolute atomic E-state index is 11.3. The second kappa shape index (κ2) is 5.67. The molecule has 1 rings (SSSR count). The van der Waals surface area contributed by atoms with Gasteiger partial charge in [-0.15, -0.1) is 0 Å². The van der Waals surface area contributed by atoms with Crippen molar-refractivity contribution in [3.8, 4) is 0 Å². The van der Waals surface area contributed by atoms with Crippen molar-refractivity contribution in [1.82, 2.24) is 0 Å². The fourth-order valence-corrected chi connectivity index (χ4v) is 2.29. The van der Waals surface area contributed by atoms with E-state index in [1.54, 1.807) is 31.4 Å². The lowest BCUT2D eigenvalue weighted by Gasteiger charge is -2.16. The molecule has 1 amide bonds. The maximum atomic E-state index is 11.3. The summed E-state index contributed by atoms with van der Waals surface area (Å²) < 4.78 is 16.2. The fourth-order valence-electron chi connectivity index (χ4n) is 1.60. The number of ether oxygens (including phenoxy) is 1. The first-order valence-corrected chi connectivity index (χ1v) is 6.77. The Balaban J connectivity index is 3.04. The van der Waals surface area contributed by atoms with E-state index >= 15 is 0 Å². The second-order valence-electron chi connectivity index (χ2n) is 3.75. The molecule has 0 aliphatic heterocycles. The molecule has 0 saturated heterocycles. The molecular weight excluding hydrogens is 240 g/mol. The molecule has 0 fully saturated rings. The van der Waals surface area contributed by atoms with Crippen LogP contribution in [0, 0.1) is 0 Å². The minimum absolute atomic E-state index is 0.368. The first kappa shape index (κ1) is 13.5. The number of benzene rings is 1. The van der Waals surface area contributed by atoms with E-state index in [4.69, 9.17) is 16.2 Å². The average molecular weight is 256 g/mol. The first-order chi connectivity index (χ1) is 7.90. The molecule has 0 spiro atoms. The van der Waals surface area contributed by atoms with E-state index in [0.717, 1.165) is 11.1 Å². The second-order valence-corrected chi connectivity index (χ2v) is 5.19. The normalized spacial score (nSPS) is 14.0. The lowest BCUT2D eigenvalue weighted by atomic mass is 10.0. The van der Waals surface area contributed by atoms with Crippen molar-refractivity contribution in [1.29, 1.82) is 0 Å². The quantitative estimate of drug-likeness (QED) is 0.794.